The summed E-state index contributed by atoms with van der Waals surface area (Å²) in [6.07, 6.45) is 0. The molecule has 0 amide bonds. The van der Waals surface area contributed by atoms with Crippen LogP contribution >= 0.6 is 0 Å². The fourth-order valence-electron chi connectivity index (χ4n) is 5.24. The van der Waals surface area contributed by atoms with Gasteiger partial charge in [0.2, 0.25) is 0 Å². The molecule has 236 valence electrons. The quantitative estimate of drug-likeness (QED) is 0.0929. The number of rotatable bonds is 12. The van der Waals surface area contributed by atoms with Crippen LogP contribution in [0.4, 0.5) is 0 Å². The summed E-state index contributed by atoms with van der Waals surface area (Å²) in [6, 6.07) is 44.9. The predicted octanol–water partition coefficient (Wildman–Crippen LogP) is 6.61. The maximum atomic E-state index is 5.48. The summed E-state index contributed by atoms with van der Waals surface area (Å²) in [5.41, 5.74) is -0.405. The van der Waals surface area contributed by atoms with Gasteiger partial charge in [-0.25, -0.2) is 0 Å². The van der Waals surface area contributed by atoms with E-state index in [1.54, 1.807) is 0 Å². The molecule has 0 bridgehead atoms. The van der Waals surface area contributed by atoms with Crippen molar-refractivity contribution in [2.75, 3.05) is 0 Å². The third kappa shape index (κ3) is 9.09. The van der Waals surface area contributed by atoms with Gasteiger partial charge in [-0.2, -0.15) is 0 Å². The fourth-order valence-corrected chi connectivity index (χ4v) is 33.1. The van der Waals surface area contributed by atoms with Crippen molar-refractivity contribution in [2.45, 2.75) is 79.6 Å². The van der Waals surface area contributed by atoms with Gasteiger partial charge in [-0.3, -0.25) is 0 Å². The van der Waals surface area contributed by atoms with Crippen LogP contribution in [0.25, 0.3) is 0 Å². The van der Waals surface area contributed by atoms with E-state index in [4.69, 9.17) is 9.98 Å². The molecule has 0 aromatic heterocycles. The molecule has 7 heteroatoms. The van der Waals surface area contributed by atoms with Crippen LogP contribution in [0, 0.1) is 0 Å². The summed E-state index contributed by atoms with van der Waals surface area (Å²) < 4.78 is 8.45. The van der Waals surface area contributed by atoms with Crippen molar-refractivity contribution < 1.29 is 0 Å². The number of aliphatic imine (C=N–C) groups is 2. The van der Waals surface area contributed by atoms with Gasteiger partial charge in [-0.05, 0) is 0 Å². The van der Waals surface area contributed by atoms with E-state index in [1.165, 1.54) is 20.1 Å². The van der Waals surface area contributed by atoms with E-state index in [9.17, 15) is 0 Å². The van der Waals surface area contributed by atoms with Gasteiger partial charge in [0, 0.05) is 0 Å². The number of nitrogens with zero attached hydrogens (tertiary/aromatic N) is 4. The van der Waals surface area contributed by atoms with Crippen LogP contribution in [0.2, 0.25) is 0 Å². The first-order chi connectivity index (χ1) is 21.6. The first-order valence-electron chi connectivity index (χ1n) is 16.0. The average Bonchev–Trinajstić information content (AvgIpc) is 3.01. The van der Waals surface area contributed by atoms with E-state index in [2.05, 4.69) is 186 Å². The van der Waals surface area contributed by atoms with Crippen LogP contribution in [-0.4, -0.2) is 79.2 Å². The van der Waals surface area contributed by atoms with E-state index in [0.29, 0.717) is 0 Å². The molecular formula is C38H48N4Se2Si. The number of hydrogen-bond donors (Lipinski definition) is 0. The second kappa shape index (κ2) is 16.6. The molecule has 45 heavy (non-hydrogen) atoms. The van der Waals surface area contributed by atoms with Gasteiger partial charge in [0.05, 0.1) is 0 Å². The molecule has 4 rings (SSSR count). The Morgan fingerprint density at radius 1 is 0.467 bits per heavy atom. The maximum absolute atomic E-state index is 5.48. The molecule has 4 aromatic rings. The number of benzene rings is 4. The van der Waals surface area contributed by atoms with Crippen molar-refractivity contribution in [3.63, 3.8) is 0 Å². The van der Waals surface area contributed by atoms with Crippen LogP contribution in [-0.2, 0) is 0 Å². The first kappa shape index (κ1) is 34.9. The fraction of sp³-hybridized carbons (Fsp3) is 0.316. The van der Waals surface area contributed by atoms with Gasteiger partial charge < -0.3 is 0 Å². The Bertz CT molecular complexity index is 1390. The SMILES string of the molecule is CC(C)N=C(c1ccccc1)N(C(C)C)[Si]([Se]c1ccccc1)([Se]c1ccccc1)N(C(=NC(C)C)c1ccccc1)C(C)C. The van der Waals surface area contributed by atoms with Gasteiger partial charge in [-0.15, -0.1) is 0 Å². The molecule has 0 unspecified atom stereocenters. The molecular weight excluding hydrogens is 698 g/mol. The van der Waals surface area contributed by atoms with Gasteiger partial charge in [-0.1, -0.05) is 0 Å². The van der Waals surface area contributed by atoms with E-state index < -0.39 is 5.61 Å². The molecule has 0 fully saturated rings. The van der Waals surface area contributed by atoms with Crippen molar-refractivity contribution in [3.8, 4) is 0 Å². The van der Waals surface area contributed by atoms with Crippen molar-refractivity contribution in [3.05, 3.63) is 132 Å². The van der Waals surface area contributed by atoms with Gasteiger partial charge in [0.15, 0.2) is 0 Å². The van der Waals surface area contributed by atoms with Gasteiger partial charge in [0.25, 0.3) is 0 Å². The molecule has 0 aliphatic heterocycles. The Morgan fingerprint density at radius 3 is 1.02 bits per heavy atom. The Labute approximate surface area is 284 Å². The van der Waals surface area contributed by atoms with Crippen LogP contribution in [0.5, 0.6) is 0 Å². The van der Waals surface area contributed by atoms with Crippen LogP contribution in [0.1, 0.15) is 66.5 Å². The summed E-state index contributed by atoms with van der Waals surface area (Å²) in [5, 5.41) is 0. The zero-order valence-electron chi connectivity index (χ0n) is 28.0. The predicted molar refractivity (Wildman–Crippen MR) is 200 cm³/mol. The number of amidine groups is 2. The summed E-state index contributed by atoms with van der Waals surface area (Å²) in [6.45, 7) is 18.3. The van der Waals surface area contributed by atoms with Gasteiger partial charge in [0.1, 0.15) is 0 Å². The Morgan fingerprint density at radius 2 is 0.756 bits per heavy atom. The van der Waals surface area contributed by atoms with Crippen LogP contribution in [0.3, 0.4) is 0 Å². The second-order valence-electron chi connectivity index (χ2n) is 12.1. The molecule has 0 N–H and O–H groups in total. The third-order valence-electron chi connectivity index (χ3n) is 6.91. The van der Waals surface area contributed by atoms with Crippen molar-refractivity contribution in [1.29, 1.82) is 0 Å². The molecule has 0 atom stereocenters. The summed E-state index contributed by atoms with van der Waals surface area (Å²) in [4.78, 5) is 11.0. The first-order valence-corrected chi connectivity index (χ1v) is 24.5. The van der Waals surface area contributed by atoms with E-state index >= 15 is 0 Å². The normalized spacial score (nSPS) is 12.8. The molecule has 4 nitrogen and oxygen atoms in total. The Balaban J connectivity index is 2.17. The molecule has 0 saturated heterocycles. The van der Waals surface area contributed by atoms with Crippen molar-refractivity contribution in [2.24, 2.45) is 9.98 Å². The summed E-state index contributed by atoms with van der Waals surface area (Å²) >= 11 is 0.190. The molecule has 0 heterocycles. The van der Waals surface area contributed by atoms with E-state index in [0.717, 1.165) is 11.7 Å². The molecule has 0 spiro atoms. The monoisotopic (exact) mass is 748 g/mol. The molecule has 0 radical (unpaired) electrons. The van der Waals surface area contributed by atoms with Gasteiger partial charge >= 0.3 is 286 Å². The molecule has 4 aromatic carbocycles. The molecule has 0 aliphatic carbocycles. The zero-order valence-corrected chi connectivity index (χ0v) is 32.4. The minimum atomic E-state index is -2.76. The van der Waals surface area contributed by atoms with E-state index in [1.807, 2.05) is 0 Å². The summed E-state index contributed by atoms with van der Waals surface area (Å²) in [7, 11) is 0. The van der Waals surface area contributed by atoms with Crippen LogP contribution in [0.15, 0.2) is 131 Å². The topological polar surface area (TPSA) is 31.2 Å². The Hall–Kier alpha value is -2.92. The standard InChI is InChI=1S/C38H48N4Se2Si/c1-29(2)39-37(33-21-13-9-14-22-33)41(31(5)6)45(43-35-25-17-11-18-26-35,44-36-27-19-12-20-28-36)42(32(7)8)38(40-30(3)4)34-23-15-10-16-24-34/h9-32H,1-8H3. The third-order valence-corrected chi connectivity index (χ3v) is 28.4. The molecule has 0 saturated carbocycles. The van der Waals surface area contributed by atoms with Crippen molar-refractivity contribution in [1.82, 2.24) is 9.13 Å². The second-order valence-corrected chi connectivity index (χ2v) is 30.2. The molecule has 0 aliphatic rings. The number of hydrogen-bond acceptors (Lipinski definition) is 2. The van der Waals surface area contributed by atoms with E-state index in [-0.39, 0.29) is 52.8 Å². The Kier molecular flexibility index (Phi) is 12.9. The summed E-state index contributed by atoms with van der Waals surface area (Å²) in [5.74, 6) is 2.20. The average molecular weight is 747 g/mol. The minimum absolute atomic E-state index is 0.0949. The van der Waals surface area contributed by atoms with Crippen LogP contribution < -0.4 is 8.92 Å². The zero-order chi connectivity index (χ0) is 32.4. The van der Waals surface area contributed by atoms with Crippen molar-refractivity contribution >= 4 is 54.8 Å².